The lowest BCUT2D eigenvalue weighted by atomic mass is 9.90. The minimum absolute atomic E-state index is 0.0335. The Hall–Kier alpha value is -2.99. The summed E-state index contributed by atoms with van der Waals surface area (Å²) in [5, 5.41) is 17.6. The second-order valence-corrected chi connectivity index (χ2v) is 11.5. The molecule has 186 valence electrons. The van der Waals surface area contributed by atoms with Gasteiger partial charge in [0.25, 0.3) is 0 Å². The molecule has 3 amide bonds. The average molecular weight is 500 g/mol. The number of aryl methyl sites for hydroxylation is 1. The highest BCUT2D eigenvalue weighted by atomic mass is 32.2. The first kappa shape index (κ1) is 23.4. The minimum Gasteiger partial charge on any atom is -0.356 e. The summed E-state index contributed by atoms with van der Waals surface area (Å²) >= 11 is 1.94. The number of nitrogens with one attached hydrogen (secondary N) is 3. The molecule has 36 heavy (non-hydrogen) atoms. The molecule has 2 aliphatic rings. The summed E-state index contributed by atoms with van der Waals surface area (Å²) in [5.41, 5.74) is 1.40. The van der Waals surface area contributed by atoms with Crippen molar-refractivity contribution in [2.24, 2.45) is 0 Å². The molecule has 3 N–H and O–H groups in total. The van der Waals surface area contributed by atoms with Crippen molar-refractivity contribution in [3.05, 3.63) is 60.2 Å². The molecule has 0 bridgehead atoms. The molecule has 6 rings (SSSR count). The van der Waals surface area contributed by atoms with Gasteiger partial charge in [-0.2, -0.15) is 11.8 Å². The predicted octanol–water partition coefficient (Wildman–Crippen LogP) is 5.75. The van der Waals surface area contributed by atoms with Gasteiger partial charge in [0.2, 0.25) is 5.91 Å². The maximum atomic E-state index is 12.3. The van der Waals surface area contributed by atoms with Crippen LogP contribution in [0.2, 0.25) is 0 Å². The second-order valence-electron chi connectivity index (χ2n) is 10.3. The number of carbonyl (C=O) groups is 2. The van der Waals surface area contributed by atoms with E-state index in [0.717, 1.165) is 50.8 Å². The van der Waals surface area contributed by atoms with E-state index in [2.05, 4.69) is 70.5 Å². The van der Waals surface area contributed by atoms with Crippen LogP contribution in [0.4, 0.5) is 4.79 Å². The first-order valence-corrected chi connectivity index (χ1v) is 14.3. The van der Waals surface area contributed by atoms with Crippen LogP contribution < -0.4 is 16.0 Å². The lowest BCUT2D eigenvalue weighted by Crippen LogP contribution is -2.36. The van der Waals surface area contributed by atoms with Crippen LogP contribution in [0.15, 0.2) is 54.6 Å². The van der Waals surface area contributed by atoms with Crippen LogP contribution in [-0.2, 0) is 11.2 Å². The number of unbranched alkanes of at least 4 members (excludes halogenated alkanes) is 2. The molecule has 2 fully saturated rings. The van der Waals surface area contributed by atoms with Crippen molar-refractivity contribution >= 4 is 56.0 Å². The topological polar surface area (TPSA) is 70.2 Å². The summed E-state index contributed by atoms with van der Waals surface area (Å²) < 4.78 is 0. The number of benzene rings is 4. The van der Waals surface area contributed by atoms with Crippen LogP contribution in [-0.4, -0.2) is 41.6 Å². The lowest BCUT2D eigenvalue weighted by Gasteiger charge is -2.16. The highest BCUT2D eigenvalue weighted by Crippen LogP contribution is 2.36. The van der Waals surface area contributed by atoms with Crippen LogP contribution >= 0.6 is 11.8 Å². The Morgan fingerprint density at radius 1 is 0.889 bits per heavy atom. The zero-order valence-corrected chi connectivity index (χ0v) is 21.3. The van der Waals surface area contributed by atoms with Gasteiger partial charge in [0.05, 0.1) is 12.1 Å². The van der Waals surface area contributed by atoms with E-state index in [-0.39, 0.29) is 24.0 Å². The van der Waals surface area contributed by atoms with Crippen molar-refractivity contribution < 1.29 is 9.59 Å². The molecule has 4 aromatic rings. The largest absolute Gasteiger partial charge is 0.356 e. The molecule has 2 saturated heterocycles. The van der Waals surface area contributed by atoms with Crippen molar-refractivity contribution in [1.29, 1.82) is 0 Å². The third-order valence-electron chi connectivity index (χ3n) is 7.89. The minimum atomic E-state index is -0.0335. The molecular weight excluding hydrogens is 466 g/mol. The van der Waals surface area contributed by atoms with Crippen molar-refractivity contribution in [1.82, 2.24) is 16.0 Å². The maximum absolute atomic E-state index is 12.3. The van der Waals surface area contributed by atoms with Gasteiger partial charge in [-0.15, -0.1) is 0 Å². The van der Waals surface area contributed by atoms with Gasteiger partial charge in [-0.05, 0) is 70.0 Å². The zero-order chi connectivity index (χ0) is 24.5. The first-order valence-electron chi connectivity index (χ1n) is 13.3. The molecule has 4 aromatic carbocycles. The quantitative estimate of drug-likeness (QED) is 0.148. The van der Waals surface area contributed by atoms with Crippen LogP contribution in [0.25, 0.3) is 32.3 Å². The Balaban J connectivity index is 0.940. The Morgan fingerprint density at radius 2 is 1.67 bits per heavy atom. The third-order valence-corrected chi connectivity index (χ3v) is 9.40. The van der Waals surface area contributed by atoms with Crippen molar-refractivity contribution in [3.8, 4) is 0 Å². The van der Waals surface area contributed by atoms with Crippen molar-refractivity contribution in [2.45, 2.75) is 62.3 Å². The average Bonchev–Trinajstić information content (AvgIpc) is 3.44. The molecule has 0 aliphatic carbocycles. The highest BCUT2D eigenvalue weighted by Gasteiger charge is 2.42. The second kappa shape index (κ2) is 10.2. The smallest absolute Gasteiger partial charge is 0.315 e. The van der Waals surface area contributed by atoms with Gasteiger partial charge in [-0.25, -0.2) is 4.79 Å². The molecule has 6 heteroatoms. The number of rotatable bonds is 10. The van der Waals surface area contributed by atoms with Crippen molar-refractivity contribution in [3.63, 3.8) is 0 Å². The van der Waals surface area contributed by atoms with E-state index >= 15 is 0 Å². The molecule has 0 saturated carbocycles. The summed E-state index contributed by atoms with van der Waals surface area (Å²) in [4.78, 5) is 23.8. The zero-order valence-electron chi connectivity index (χ0n) is 20.5. The summed E-state index contributed by atoms with van der Waals surface area (Å²) in [7, 11) is 0. The number of carbonyl (C=O) groups excluding carboxylic acids is 2. The normalized spacial score (nSPS) is 21.2. The van der Waals surface area contributed by atoms with E-state index in [9.17, 15) is 9.59 Å². The van der Waals surface area contributed by atoms with Gasteiger partial charge in [0.1, 0.15) is 0 Å². The molecule has 2 aliphatic heterocycles. The molecule has 2 heterocycles. The molecule has 0 aromatic heterocycles. The van der Waals surface area contributed by atoms with E-state index in [0.29, 0.717) is 11.7 Å². The van der Waals surface area contributed by atoms with Crippen LogP contribution in [0.5, 0.6) is 0 Å². The fourth-order valence-corrected chi connectivity index (χ4v) is 7.59. The number of amides is 3. The molecule has 0 spiro atoms. The van der Waals surface area contributed by atoms with Crippen LogP contribution in [0.3, 0.4) is 0 Å². The van der Waals surface area contributed by atoms with Gasteiger partial charge in [0, 0.05) is 24.0 Å². The SMILES string of the molecule is O=C(CCCC[C@@H]1SC[C@@H]2NC(=O)NC21)NCCCCc1ccc2ccc3cccc4ccc1c2c34. The fraction of sp³-hybridized carbons (Fsp3) is 0.400. The standard InChI is InChI=1S/C30H33N3O2S/c34-26(10-2-1-9-25-29-24(18-36-25)32-30(35)33-29)31-17-4-3-6-19-11-12-22-14-13-20-7-5-8-21-15-16-23(19)28(22)27(20)21/h5,7-8,11-16,24-25,29H,1-4,6,9-10,17-18H2,(H,31,34)(H2,32,33,35)/t24-,25-,29?/m0/s1. The van der Waals surface area contributed by atoms with Crippen LogP contribution in [0.1, 0.15) is 44.1 Å². The van der Waals surface area contributed by atoms with E-state index < -0.39 is 0 Å². The molecule has 3 atom stereocenters. The molecular formula is C30H33N3O2S. The Labute approximate surface area is 216 Å². The summed E-state index contributed by atoms with van der Waals surface area (Å²) in [6.07, 6.45) is 6.65. The Morgan fingerprint density at radius 3 is 2.53 bits per heavy atom. The maximum Gasteiger partial charge on any atom is 0.315 e. The highest BCUT2D eigenvalue weighted by molar-refractivity contribution is 8.00. The summed E-state index contributed by atoms with van der Waals surface area (Å²) in [5.74, 6) is 1.15. The molecule has 1 unspecified atom stereocenters. The number of urea groups is 1. The van der Waals surface area contributed by atoms with E-state index in [1.54, 1.807) is 0 Å². The fourth-order valence-electron chi connectivity index (χ4n) is 6.04. The third kappa shape index (κ3) is 4.59. The summed E-state index contributed by atoms with van der Waals surface area (Å²) in [6.45, 7) is 0.741. The van der Waals surface area contributed by atoms with Crippen LogP contribution in [0, 0.1) is 0 Å². The predicted molar refractivity (Wildman–Crippen MR) is 150 cm³/mol. The van der Waals surface area contributed by atoms with Gasteiger partial charge in [0.15, 0.2) is 0 Å². The van der Waals surface area contributed by atoms with Gasteiger partial charge < -0.3 is 16.0 Å². The number of thioether (sulfide) groups is 1. The van der Waals surface area contributed by atoms with Gasteiger partial charge in [-0.1, -0.05) is 61.0 Å². The number of hydrogen-bond acceptors (Lipinski definition) is 3. The van der Waals surface area contributed by atoms with E-state index in [4.69, 9.17) is 0 Å². The molecule has 0 radical (unpaired) electrons. The summed E-state index contributed by atoms with van der Waals surface area (Å²) in [6, 6.07) is 20.5. The Bertz CT molecular complexity index is 1390. The number of fused-ring (bicyclic) bond motifs is 1. The monoisotopic (exact) mass is 499 g/mol. The van der Waals surface area contributed by atoms with Crippen molar-refractivity contribution in [2.75, 3.05) is 12.3 Å². The number of hydrogen-bond donors (Lipinski definition) is 3. The van der Waals surface area contributed by atoms with Gasteiger partial charge in [-0.3, -0.25) is 4.79 Å². The van der Waals surface area contributed by atoms with E-state index in [1.807, 2.05) is 11.8 Å². The Kier molecular flexibility index (Phi) is 6.61. The lowest BCUT2D eigenvalue weighted by molar-refractivity contribution is -0.121. The van der Waals surface area contributed by atoms with E-state index in [1.165, 1.54) is 37.9 Å². The molecule has 5 nitrogen and oxygen atoms in total. The first-order chi connectivity index (χ1) is 17.7. The van der Waals surface area contributed by atoms with Gasteiger partial charge >= 0.3 is 6.03 Å².